The van der Waals surface area contributed by atoms with Crippen LogP contribution in [0.5, 0.6) is 5.75 Å². The van der Waals surface area contributed by atoms with E-state index in [1.165, 1.54) is 0 Å². The first kappa shape index (κ1) is 19.2. The molecule has 2 aromatic carbocycles. The first-order valence-electron chi connectivity index (χ1n) is 10.1. The molecule has 1 aromatic heterocycles. The van der Waals surface area contributed by atoms with Crippen LogP contribution in [-0.4, -0.2) is 12.6 Å². The maximum atomic E-state index is 12.7. The number of benzene rings is 2. The van der Waals surface area contributed by atoms with Gasteiger partial charge in [0.15, 0.2) is 0 Å². The van der Waals surface area contributed by atoms with Crippen LogP contribution in [-0.2, 0) is 22.4 Å². The summed E-state index contributed by atoms with van der Waals surface area (Å²) < 4.78 is 17.2. The number of rotatable bonds is 5. The molecule has 5 heteroatoms. The number of aryl methyl sites for hydroxylation is 2. The molecule has 29 heavy (non-hydrogen) atoms. The zero-order valence-corrected chi connectivity index (χ0v) is 16.7. The molecule has 150 valence electrons. The van der Waals surface area contributed by atoms with Crippen LogP contribution in [0.15, 0.2) is 51.7 Å². The lowest BCUT2D eigenvalue weighted by molar-refractivity contribution is -0.151. The van der Waals surface area contributed by atoms with Crippen molar-refractivity contribution in [3.05, 3.63) is 75.1 Å². The van der Waals surface area contributed by atoms with Gasteiger partial charge in [0.1, 0.15) is 11.3 Å². The zero-order chi connectivity index (χ0) is 20.4. The Morgan fingerprint density at radius 1 is 1.10 bits per heavy atom. The summed E-state index contributed by atoms with van der Waals surface area (Å²) in [6.07, 6.45) is 2.60. The van der Waals surface area contributed by atoms with Crippen LogP contribution in [0.25, 0.3) is 11.0 Å². The minimum Gasteiger partial charge on any atom is -0.473 e. The van der Waals surface area contributed by atoms with Crippen molar-refractivity contribution in [1.29, 1.82) is 0 Å². The molecule has 0 fully saturated rings. The largest absolute Gasteiger partial charge is 0.473 e. The number of esters is 1. The van der Waals surface area contributed by atoms with Gasteiger partial charge in [-0.15, -0.1) is 0 Å². The summed E-state index contributed by atoms with van der Waals surface area (Å²) in [5.74, 6) is 0.100. The molecule has 0 saturated carbocycles. The van der Waals surface area contributed by atoms with Crippen molar-refractivity contribution in [3.63, 3.8) is 0 Å². The maximum absolute atomic E-state index is 12.7. The van der Waals surface area contributed by atoms with Crippen molar-refractivity contribution in [1.82, 2.24) is 0 Å². The SMILES string of the molecule is CCOC(=O)C(Oc1cc(C)cc2oc(=O)c3c(c12)CCCC3)c1ccccc1. The highest BCUT2D eigenvalue weighted by Gasteiger charge is 2.27. The van der Waals surface area contributed by atoms with Gasteiger partial charge in [-0.25, -0.2) is 9.59 Å². The van der Waals surface area contributed by atoms with Gasteiger partial charge in [-0.2, -0.15) is 0 Å². The molecule has 0 saturated heterocycles. The van der Waals surface area contributed by atoms with E-state index in [0.29, 0.717) is 23.3 Å². The molecule has 0 radical (unpaired) electrons. The Labute approximate surface area is 169 Å². The summed E-state index contributed by atoms with van der Waals surface area (Å²) in [5.41, 5.74) is 3.54. The van der Waals surface area contributed by atoms with E-state index in [4.69, 9.17) is 13.9 Å². The number of carbonyl (C=O) groups is 1. The van der Waals surface area contributed by atoms with Gasteiger partial charge in [0.05, 0.1) is 12.0 Å². The van der Waals surface area contributed by atoms with Crippen LogP contribution in [0, 0.1) is 6.92 Å². The second-order valence-corrected chi connectivity index (χ2v) is 7.35. The van der Waals surface area contributed by atoms with Crippen molar-refractivity contribution in [2.75, 3.05) is 6.61 Å². The Balaban J connectivity index is 1.87. The Kier molecular flexibility index (Phi) is 5.38. The Morgan fingerprint density at radius 2 is 1.83 bits per heavy atom. The fourth-order valence-corrected chi connectivity index (χ4v) is 3.98. The average molecular weight is 392 g/mol. The minimum atomic E-state index is -0.896. The molecule has 0 spiro atoms. The van der Waals surface area contributed by atoms with Gasteiger partial charge in [0, 0.05) is 11.1 Å². The number of ether oxygens (including phenoxy) is 2. The molecule has 1 aliphatic carbocycles. The average Bonchev–Trinajstić information content (AvgIpc) is 2.72. The predicted octanol–water partition coefficient (Wildman–Crippen LogP) is 4.66. The molecule has 1 unspecified atom stereocenters. The zero-order valence-electron chi connectivity index (χ0n) is 16.7. The van der Waals surface area contributed by atoms with E-state index in [1.807, 2.05) is 49.4 Å². The number of fused-ring (bicyclic) bond motifs is 3. The van der Waals surface area contributed by atoms with Gasteiger partial charge in [-0.3, -0.25) is 0 Å². The standard InChI is InChI=1S/C24H24O5/c1-3-27-24(26)22(16-9-5-4-6-10-16)28-19-13-15(2)14-20-21(19)17-11-7-8-12-18(17)23(25)29-20/h4-6,9-10,13-14,22H,3,7-8,11-12H2,1-2H3. The van der Waals surface area contributed by atoms with Gasteiger partial charge in [-0.1, -0.05) is 30.3 Å². The van der Waals surface area contributed by atoms with E-state index in [9.17, 15) is 9.59 Å². The molecule has 4 rings (SSSR count). The summed E-state index contributed by atoms with van der Waals surface area (Å²) in [4.78, 5) is 25.1. The van der Waals surface area contributed by atoms with Crippen molar-refractivity contribution in [3.8, 4) is 5.75 Å². The number of hydrogen-bond donors (Lipinski definition) is 0. The molecule has 0 bridgehead atoms. The van der Waals surface area contributed by atoms with Gasteiger partial charge >= 0.3 is 11.6 Å². The third-order valence-corrected chi connectivity index (χ3v) is 5.28. The fourth-order valence-electron chi connectivity index (χ4n) is 3.98. The monoisotopic (exact) mass is 392 g/mol. The van der Waals surface area contributed by atoms with Crippen molar-refractivity contribution in [2.24, 2.45) is 0 Å². The molecule has 3 aromatic rings. The molecule has 1 aliphatic rings. The van der Waals surface area contributed by atoms with Crippen molar-refractivity contribution in [2.45, 2.75) is 45.6 Å². The van der Waals surface area contributed by atoms with Crippen LogP contribution in [0.2, 0.25) is 0 Å². The Bertz CT molecular complexity index is 1100. The lowest BCUT2D eigenvalue weighted by Gasteiger charge is -2.22. The molecule has 0 N–H and O–H groups in total. The summed E-state index contributed by atoms with van der Waals surface area (Å²) in [6.45, 7) is 3.95. The third kappa shape index (κ3) is 3.77. The topological polar surface area (TPSA) is 65.7 Å². The molecular weight excluding hydrogens is 368 g/mol. The summed E-state index contributed by atoms with van der Waals surface area (Å²) in [5, 5.41) is 0.787. The van der Waals surface area contributed by atoms with E-state index in [1.54, 1.807) is 6.92 Å². The molecule has 5 nitrogen and oxygen atoms in total. The molecule has 1 atom stereocenters. The van der Waals surface area contributed by atoms with Crippen LogP contribution < -0.4 is 10.4 Å². The fraction of sp³-hybridized carbons (Fsp3) is 0.333. The van der Waals surface area contributed by atoms with Crippen LogP contribution in [0.1, 0.15) is 48.1 Å². The quantitative estimate of drug-likeness (QED) is 0.467. The molecular formula is C24H24O5. The van der Waals surface area contributed by atoms with Gasteiger partial charge in [0.25, 0.3) is 0 Å². The van der Waals surface area contributed by atoms with Crippen LogP contribution >= 0.6 is 0 Å². The number of hydrogen-bond acceptors (Lipinski definition) is 5. The van der Waals surface area contributed by atoms with Gasteiger partial charge < -0.3 is 13.9 Å². The van der Waals surface area contributed by atoms with Crippen LogP contribution in [0.4, 0.5) is 0 Å². The van der Waals surface area contributed by atoms with Gasteiger partial charge in [0.2, 0.25) is 6.10 Å². The lowest BCUT2D eigenvalue weighted by atomic mass is 9.90. The van der Waals surface area contributed by atoms with Gasteiger partial charge in [-0.05, 0) is 62.8 Å². The molecule has 1 heterocycles. The summed E-state index contributed by atoms with van der Waals surface area (Å²) in [6, 6.07) is 13.0. The van der Waals surface area contributed by atoms with Crippen molar-refractivity contribution >= 4 is 16.9 Å². The Hall–Kier alpha value is -3.08. The van der Waals surface area contributed by atoms with Crippen LogP contribution in [0.3, 0.4) is 0 Å². The van der Waals surface area contributed by atoms with E-state index in [-0.39, 0.29) is 12.2 Å². The molecule has 0 aliphatic heterocycles. The van der Waals surface area contributed by atoms with E-state index in [2.05, 4.69) is 0 Å². The summed E-state index contributed by atoms with van der Waals surface area (Å²) >= 11 is 0. The predicted molar refractivity (Wildman–Crippen MR) is 110 cm³/mol. The Morgan fingerprint density at radius 3 is 2.55 bits per heavy atom. The number of carbonyl (C=O) groups excluding carboxylic acids is 1. The van der Waals surface area contributed by atoms with E-state index < -0.39 is 12.1 Å². The summed E-state index contributed by atoms with van der Waals surface area (Å²) in [7, 11) is 0. The minimum absolute atomic E-state index is 0.268. The van der Waals surface area contributed by atoms with Crippen molar-refractivity contribution < 1.29 is 18.7 Å². The second-order valence-electron chi connectivity index (χ2n) is 7.35. The first-order chi connectivity index (χ1) is 14.1. The first-order valence-corrected chi connectivity index (χ1v) is 10.1. The highest BCUT2D eigenvalue weighted by molar-refractivity contribution is 5.89. The highest BCUT2D eigenvalue weighted by Crippen LogP contribution is 2.37. The molecule has 0 amide bonds. The lowest BCUT2D eigenvalue weighted by Crippen LogP contribution is -2.22. The third-order valence-electron chi connectivity index (χ3n) is 5.28. The second kappa shape index (κ2) is 8.11. The smallest absolute Gasteiger partial charge is 0.352 e. The highest BCUT2D eigenvalue weighted by atomic mass is 16.6. The van der Waals surface area contributed by atoms with E-state index in [0.717, 1.165) is 41.3 Å². The normalized spacial score (nSPS) is 14.3. The van der Waals surface area contributed by atoms with E-state index >= 15 is 0 Å². The maximum Gasteiger partial charge on any atom is 0.352 e.